The van der Waals surface area contributed by atoms with E-state index in [0.717, 1.165) is 11.3 Å². The number of hydrogen-bond donors (Lipinski definition) is 2. The van der Waals surface area contributed by atoms with Gasteiger partial charge in [0.15, 0.2) is 0 Å². The van der Waals surface area contributed by atoms with Crippen molar-refractivity contribution in [2.45, 2.75) is 6.92 Å². The van der Waals surface area contributed by atoms with E-state index in [-0.39, 0.29) is 17.2 Å². The first-order valence-electron chi connectivity index (χ1n) is 5.92. The maximum Gasteiger partial charge on any atom is 0.261 e. The molecule has 0 saturated heterocycles. The molecule has 1 amide bonds. The van der Waals surface area contributed by atoms with Gasteiger partial charge in [-0.15, -0.1) is 0 Å². The van der Waals surface area contributed by atoms with E-state index in [1.807, 2.05) is 6.92 Å². The van der Waals surface area contributed by atoms with E-state index < -0.39 is 0 Å². The summed E-state index contributed by atoms with van der Waals surface area (Å²) in [4.78, 5) is 13.8. The van der Waals surface area contributed by atoms with Crippen LogP contribution >= 0.6 is 0 Å². The number of amides is 1. The monoisotopic (exact) mass is 256 g/mol. The van der Waals surface area contributed by atoms with Crippen LogP contribution in [0.3, 0.4) is 0 Å². The van der Waals surface area contributed by atoms with Crippen LogP contribution in [-0.2, 0) is 0 Å². The fourth-order valence-electron chi connectivity index (χ4n) is 1.82. The third-order valence-corrected chi connectivity index (χ3v) is 2.97. The van der Waals surface area contributed by atoms with Crippen LogP contribution in [0.15, 0.2) is 42.5 Å². The van der Waals surface area contributed by atoms with Crippen molar-refractivity contribution in [2.75, 3.05) is 17.7 Å². The second kappa shape index (κ2) is 5.02. The summed E-state index contributed by atoms with van der Waals surface area (Å²) in [7, 11) is 1.66. The molecular weight excluding hydrogens is 240 g/mol. The summed E-state index contributed by atoms with van der Waals surface area (Å²) in [5.74, 6) is -0.269. The Hall–Kier alpha value is -2.49. The number of aryl methyl sites for hydroxylation is 1. The Morgan fingerprint density at radius 3 is 2.37 bits per heavy atom. The van der Waals surface area contributed by atoms with Crippen LogP contribution in [0.25, 0.3) is 0 Å². The predicted molar refractivity (Wildman–Crippen MR) is 76.4 cm³/mol. The smallest absolute Gasteiger partial charge is 0.261 e. The van der Waals surface area contributed by atoms with Gasteiger partial charge >= 0.3 is 0 Å². The molecule has 0 aliphatic carbocycles. The number of rotatable bonds is 2. The molecule has 0 saturated carbocycles. The number of carbonyl (C=O) groups is 1. The Morgan fingerprint density at radius 1 is 1.16 bits per heavy atom. The zero-order valence-electron chi connectivity index (χ0n) is 10.9. The normalized spacial score (nSPS) is 10.2. The summed E-state index contributed by atoms with van der Waals surface area (Å²) in [6.07, 6.45) is 0. The maximum absolute atomic E-state index is 12.3. The van der Waals surface area contributed by atoms with E-state index in [0.29, 0.717) is 5.69 Å². The number of hydrogen-bond acceptors (Lipinski definition) is 3. The minimum absolute atomic E-state index is 0.00713. The molecule has 0 spiro atoms. The zero-order chi connectivity index (χ0) is 14.0. The second-order valence-corrected chi connectivity index (χ2v) is 4.48. The standard InChI is InChI=1S/C15H16N2O2/c1-10-3-8-13(14(18)9-10)15(19)17(2)12-6-4-11(16)5-7-12/h3-9,18H,16H2,1-2H3. The van der Waals surface area contributed by atoms with Gasteiger partial charge in [-0.25, -0.2) is 0 Å². The highest BCUT2D eigenvalue weighted by Gasteiger charge is 2.16. The first-order valence-corrected chi connectivity index (χ1v) is 5.92. The van der Waals surface area contributed by atoms with E-state index in [1.54, 1.807) is 49.5 Å². The highest BCUT2D eigenvalue weighted by atomic mass is 16.3. The quantitative estimate of drug-likeness (QED) is 0.811. The summed E-state index contributed by atoms with van der Waals surface area (Å²) in [5, 5.41) is 9.83. The SMILES string of the molecule is Cc1ccc(C(=O)N(C)c2ccc(N)cc2)c(O)c1. The van der Waals surface area contributed by atoms with Crippen LogP contribution in [-0.4, -0.2) is 18.1 Å². The van der Waals surface area contributed by atoms with Crippen molar-refractivity contribution in [3.8, 4) is 5.75 Å². The molecule has 0 heterocycles. The van der Waals surface area contributed by atoms with Gasteiger partial charge in [-0.05, 0) is 48.9 Å². The third kappa shape index (κ3) is 2.68. The lowest BCUT2D eigenvalue weighted by molar-refractivity contribution is 0.0990. The number of phenolic OH excluding ortho intramolecular Hbond substituents is 1. The molecule has 0 bridgehead atoms. The van der Waals surface area contributed by atoms with Gasteiger partial charge in [0.2, 0.25) is 0 Å². The number of phenols is 1. The molecule has 2 rings (SSSR count). The molecule has 0 aliphatic rings. The van der Waals surface area contributed by atoms with Crippen molar-refractivity contribution in [2.24, 2.45) is 0 Å². The molecular formula is C15H16N2O2. The molecule has 0 atom stereocenters. The summed E-state index contributed by atoms with van der Waals surface area (Å²) in [5.41, 5.74) is 8.16. The number of nitrogen functional groups attached to an aromatic ring is 1. The minimum atomic E-state index is -0.262. The average molecular weight is 256 g/mol. The lowest BCUT2D eigenvalue weighted by Gasteiger charge is -2.18. The molecule has 0 unspecified atom stereocenters. The van der Waals surface area contributed by atoms with Crippen molar-refractivity contribution in [1.29, 1.82) is 0 Å². The molecule has 98 valence electrons. The summed E-state index contributed by atoms with van der Waals surface area (Å²) in [6, 6.07) is 12.0. The van der Waals surface area contributed by atoms with E-state index in [1.165, 1.54) is 4.90 Å². The third-order valence-electron chi connectivity index (χ3n) is 2.97. The number of anilines is 2. The van der Waals surface area contributed by atoms with Crippen molar-refractivity contribution in [3.63, 3.8) is 0 Å². The largest absolute Gasteiger partial charge is 0.507 e. The number of nitrogens with zero attached hydrogens (tertiary/aromatic N) is 1. The van der Waals surface area contributed by atoms with Crippen LogP contribution < -0.4 is 10.6 Å². The minimum Gasteiger partial charge on any atom is -0.507 e. The second-order valence-electron chi connectivity index (χ2n) is 4.48. The fourth-order valence-corrected chi connectivity index (χ4v) is 1.82. The molecule has 2 aromatic carbocycles. The van der Waals surface area contributed by atoms with E-state index >= 15 is 0 Å². The topological polar surface area (TPSA) is 66.6 Å². The lowest BCUT2D eigenvalue weighted by atomic mass is 10.1. The fraction of sp³-hybridized carbons (Fsp3) is 0.133. The first-order chi connectivity index (χ1) is 8.99. The van der Waals surface area contributed by atoms with Crippen molar-refractivity contribution in [3.05, 3.63) is 53.6 Å². The van der Waals surface area contributed by atoms with Gasteiger partial charge in [-0.1, -0.05) is 6.07 Å². The average Bonchev–Trinajstić information content (AvgIpc) is 2.38. The van der Waals surface area contributed by atoms with Crippen molar-refractivity contribution in [1.82, 2.24) is 0 Å². The van der Waals surface area contributed by atoms with Gasteiger partial charge in [0.25, 0.3) is 5.91 Å². The van der Waals surface area contributed by atoms with E-state index in [4.69, 9.17) is 5.73 Å². The Morgan fingerprint density at radius 2 is 1.79 bits per heavy atom. The van der Waals surface area contributed by atoms with Gasteiger partial charge in [-0.2, -0.15) is 0 Å². The molecule has 0 aliphatic heterocycles. The molecule has 4 nitrogen and oxygen atoms in total. The van der Waals surface area contributed by atoms with Crippen LogP contribution in [0.5, 0.6) is 5.75 Å². The summed E-state index contributed by atoms with van der Waals surface area (Å²) < 4.78 is 0. The van der Waals surface area contributed by atoms with E-state index in [9.17, 15) is 9.90 Å². The Balaban J connectivity index is 2.30. The van der Waals surface area contributed by atoms with Crippen LogP contribution in [0.4, 0.5) is 11.4 Å². The zero-order valence-corrected chi connectivity index (χ0v) is 10.9. The highest BCUT2D eigenvalue weighted by Crippen LogP contribution is 2.23. The van der Waals surface area contributed by atoms with Gasteiger partial charge in [0.05, 0.1) is 5.56 Å². The number of benzene rings is 2. The van der Waals surface area contributed by atoms with Crippen molar-refractivity contribution < 1.29 is 9.90 Å². The number of carbonyl (C=O) groups excluding carboxylic acids is 1. The summed E-state index contributed by atoms with van der Waals surface area (Å²) >= 11 is 0. The molecule has 3 N–H and O–H groups in total. The Labute approximate surface area is 112 Å². The van der Waals surface area contributed by atoms with Gasteiger partial charge in [0, 0.05) is 18.4 Å². The molecule has 2 aromatic rings. The Bertz CT molecular complexity index is 606. The van der Waals surface area contributed by atoms with E-state index in [2.05, 4.69) is 0 Å². The Kier molecular flexibility index (Phi) is 3.42. The maximum atomic E-state index is 12.3. The molecule has 0 radical (unpaired) electrons. The predicted octanol–water partition coefficient (Wildman–Crippen LogP) is 2.56. The van der Waals surface area contributed by atoms with Gasteiger partial charge in [0.1, 0.15) is 5.75 Å². The highest BCUT2D eigenvalue weighted by molar-refractivity contribution is 6.07. The van der Waals surface area contributed by atoms with Crippen molar-refractivity contribution >= 4 is 17.3 Å². The lowest BCUT2D eigenvalue weighted by Crippen LogP contribution is -2.26. The molecule has 0 aromatic heterocycles. The van der Waals surface area contributed by atoms with Crippen LogP contribution in [0.2, 0.25) is 0 Å². The summed E-state index contributed by atoms with van der Waals surface area (Å²) in [6.45, 7) is 1.86. The number of aromatic hydroxyl groups is 1. The molecule has 19 heavy (non-hydrogen) atoms. The van der Waals surface area contributed by atoms with Crippen LogP contribution in [0.1, 0.15) is 15.9 Å². The van der Waals surface area contributed by atoms with Crippen LogP contribution in [0, 0.1) is 6.92 Å². The first kappa shape index (κ1) is 13.0. The molecule has 4 heteroatoms. The van der Waals surface area contributed by atoms with Gasteiger partial charge < -0.3 is 15.7 Å². The number of nitrogens with two attached hydrogens (primary N) is 1. The van der Waals surface area contributed by atoms with Gasteiger partial charge in [-0.3, -0.25) is 4.79 Å². The molecule has 0 fully saturated rings.